The summed E-state index contributed by atoms with van der Waals surface area (Å²) in [5.41, 5.74) is 2.21. The summed E-state index contributed by atoms with van der Waals surface area (Å²) in [6, 6.07) is 11.4. The van der Waals surface area contributed by atoms with E-state index in [1.165, 1.54) is 0 Å². The highest BCUT2D eigenvalue weighted by Gasteiger charge is 2.16. The zero-order valence-electron chi connectivity index (χ0n) is 14.4. The number of carbonyl (C=O) groups is 2. The number of imide groups is 1. The highest BCUT2D eigenvalue weighted by atomic mass is 16.5. The van der Waals surface area contributed by atoms with Gasteiger partial charge >= 0.3 is 6.03 Å². The van der Waals surface area contributed by atoms with Crippen molar-refractivity contribution >= 4 is 34.8 Å². The van der Waals surface area contributed by atoms with Gasteiger partial charge < -0.3 is 10.1 Å². The van der Waals surface area contributed by atoms with E-state index in [1.807, 2.05) is 13.8 Å². The molecule has 3 amide bonds. The lowest BCUT2D eigenvalue weighted by molar-refractivity contribution is -0.106. The fourth-order valence-corrected chi connectivity index (χ4v) is 2.43. The van der Waals surface area contributed by atoms with E-state index in [0.717, 1.165) is 4.90 Å². The fourth-order valence-electron chi connectivity index (χ4n) is 2.43. The number of ether oxygens (including phenoxy) is 1. The van der Waals surface area contributed by atoms with Crippen molar-refractivity contribution < 1.29 is 14.3 Å². The van der Waals surface area contributed by atoms with Gasteiger partial charge in [0.1, 0.15) is 5.75 Å². The Labute approximate surface area is 150 Å². The third-order valence-electron chi connectivity index (χ3n) is 3.51. The second-order valence-corrected chi connectivity index (χ2v) is 5.83. The van der Waals surface area contributed by atoms with Gasteiger partial charge in [-0.1, -0.05) is 6.07 Å². The summed E-state index contributed by atoms with van der Waals surface area (Å²) in [5.74, 6) is 0.636. The third kappa shape index (κ3) is 3.94. The Hall–Kier alpha value is -3.48. The molecule has 132 valence electrons. The van der Waals surface area contributed by atoms with Crippen LogP contribution in [0, 0.1) is 0 Å². The van der Waals surface area contributed by atoms with Gasteiger partial charge in [0.15, 0.2) is 0 Å². The number of anilines is 2. The molecule has 26 heavy (non-hydrogen) atoms. The number of amides is 3. The molecule has 0 saturated heterocycles. The van der Waals surface area contributed by atoms with E-state index in [1.54, 1.807) is 54.9 Å². The average Bonchev–Trinajstić information content (AvgIpc) is 2.62. The Morgan fingerprint density at radius 2 is 1.88 bits per heavy atom. The minimum atomic E-state index is -0.579. The number of rotatable bonds is 5. The second-order valence-electron chi connectivity index (χ2n) is 5.83. The van der Waals surface area contributed by atoms with Crippen LogP contribution < -0.4 is 15.0 Å². The summed E-state index contributed by atoms with van der Waals surface area (Å²) in [4.78, 5) is 33.3. The molecule has 0 saturated carbocycles. The van der Waals surface area contributed by atoms with Gasteiger partial charge in [0.2, 0.25) is 6.41 Å². The molecule has 1 aromatic heterocycles. The first kappa shape index (κ1) is 17.3. The van der Waals surface area contributed by atoms with Gasteiger partial charge in [-0.15, -0.1) is 0 Å². The lowest BCUT2D eigenvalue weighted by Crippen LogP contribution is -2.33. The Morgan fingerprint density at radius 3 is 2.62 bits per heavy atom. The molecule has 3 rings (SSSR count). The van der Waals surface area contributed by atoms with E-state index in [2.05, 4.69) is 15.3 Å². The van der Waals surface area contributed by atoms with Crippen LogP contribution in [0.4, 0.5) is 16.2 Å². The number of urea groups is 1. The van der Waals surface area contributed by atoms with E-state index in [-0.39, 0.29) is 6.10 Å². The van der Waals surface area contributed by atoms with Crippen LogP contribution in [-0.2, 0) is 4.79 Å². The standard InChI is InChI=1S/C19H18N4O3/c1-13(2)26-16-5-3-4-14(10-16)22-19(25)23(12-24)15-6-7-17-18(11-15)21-9-8-20-17/h3-13H,1-2H3,(H,22,25). The first-order valence-corrected chi connectivity index (χ1v) is 8.10. The minimum absolute atomic E-state index is 0.0196. The number of aromatic nitrogens is 2. The van der Waals surface area contributed by atoms with Crippen molar-refractivity contribution in [1.29, 1.82) is 0 Å². The molecule has 7 heteroatoms. The molecule has 0 atom stereocenters. The van der Waals surface area contributed by atoms with Crippen LogP contribution in [0.25, 0.3) is 11.0 Å². The Balaban J connectivity index is 1.81. The van der Waals surface area contributed by atoms with E-state index >= 15 is 0 Å². The number of nitrogens with one attached hydrogen (secondary N) is 1. The third-order valence-corrected chi connectivity index (χ3v) is 3.51. The summed E-state index contributed by atoms with van der Waals surface area (Å²) in [5, 5.41) is 2.69. The summed E-state index contributed by atoms with van der Waals surface area (Å²) in [6.07, 6.45) is 3.61. The molecule has 0 aliphatic heterocycles. The van der Waals surface area contributed by atoms with Gasteiger partial charge in [-0.3, -0.25) is 14.8 Å². The highest BCUT2D eigenvalue weighted by molar-refractivity contribution is 6.12. The largest absolute Gasteiger partial charge is 0.491 e. The molecule has 2 aromatic carbocycles. The van der Waals surface area contributed by atoms with Gasteiger partial charge in [0, 0.05) is 24.1 Å². The highest BCUT2D eigenvalue weighted by Crippen LogP contribution is 2.22. The molecule has 1 N–H and O–H groups in total. The SMILES string of the molecule is CC(C)Oc1cccc(NC(=O)N(C=O)c2ccc3nccnc3c2)c1. The minimum Gasteiger partial charge on any atom is -0.491 e. The zero-order valence-corrected chi connectivity index (χ0v) is 14.4. The monoisotopic (exact) mass is 350 g/mol. The lowest BCUT2D eigenvalue weighted by atomic mass is 10.2. The van der Waals surface area contributed by atoms with Crippen LogP contribution in [0.3, 0.4) is 0 Å². The fraction of sp³-hybridized carbons (Fsp3) is 0.158. The van der Waals surface area contributed by atoms with Gasteiger partial charge in [-0.25, -0.2) is 9.69 Å². The molecule has 0 fully saturated rings. The predicted molar refractivity (Wildman–Crippen MR) is 99.3 cm³/mol. The predicted octanol–water partition coefficient (Wildman–Crippen LogP) is 3.61. The molecule has 0 aliphatic rings. The summed E-state index contributed by atoms with van der Waals surface area (Å²) in [6.45, 7) is 3.84. The first-order chi connectivity index (χ1) is 12.6. The van der Waals surface area contributed by atoms with Gasteiger partial charge in [-0.05, 0) is 44.2 Å². The maximum absolute atomic E-state index is 12.5. The maximum Gasteiger partial charge on any atom is 0.332 e. The smallest absolute Gasteiger partial charge is 0.332 e. The molecule has 0 bridgehead atoms. The van der Waals surface area contributed by atoms with Crippen LogP contribution >= 0.6 is 0 Å². The molecule has 1 heterocycles. The Morgan fingerprint density at radius 1 is 1.12 bits per heavy atom. The van der Waals surface area contributed by atoms with Crippen LogP contribution in [0.15, 0.2) is 54.9 Å². The number of hydrogen-bond donors (Lipinski definition) is 1. The van der Waals surface area contributed by atoms with E-state index < -0.39 is 6.03 Å². The molecular formula is C19H18N4O3. The number of hydrogen-bond acceptors (Lipinski definition) is 5. The Bertz CT molecular complexity index is 943. The molecule has 3 aromatic rings. The van der Waals surface area contributed by atoms with E-state index in [0.29, 0.717) is 34.6 Å². The van der Waals surface area contributed by atoms with Crippen molar-refractivity contribution in [1.82, 2.24) is 9.97 Å². The number of benzene rings is 2. The van der Waals surface area contributed by atoms with Crippen molar-refractivity contribution in [3.8, 4) is 5.75 Å². The lowest BCUT2D eigenvalue weighted by Gasteiger charge is -2.17. The number of fused-ring (bicyclic) bond motifs is 1. The van der Waals surface area contributed by atoms with E-state index in [9.17, 15) is 9.59 Å². The number of carbonyl (C=O) groups excluding carboxylic acids is 2. The molecule has 7 nitrogen and oxygen atoms in total. The van der Waals surface area contributed by atoms with Crippen molar-refractivity contribution in [3.05, 3.63) is 54.9 Å². The molecule has 0 unspecified atom stereocenters. The van der Waals surface area contributed by atoms with Crippen molar-refractivity contribution in [3.63, 3.8) is 0 Å². The van der Waals surface area contributed by atoms with Crippen LogP contribution in [0.1, 0.15) is 13.8 Å². The first-order valence-electron chi connectivity index (χ1n) is 8.10. The van der Waals surface area contributed by atoms with Gasteiger partial charge in [-0.2, -0.15) is 0 Å². The van der Waals surface area contributed by atoms with Gasteiger partial charge in [0.05, 0.1) is 22.8 Å². The quantitative estimate of drug-likeness (QED) is 0.711. The summed E-state index contributed by atoms with van der Waals surface area (Å²) >= 11 is 0. The van der Waals surface area contributed by atoms with Crippen LogP contribution in [0.5, 0.6) is 5.75 Å². The molecule has 0 aliphatic carbocycles. The number of nitrogens with zero attached hydrogens (tertiary/aromatic N) is 3. The van der Waals surface area contributed by atoms with Crippen molar-refractivity contribution in [2.75, 3.05) is 10.2 Å². The molecule has 0 radical (unpaired) electrons. The topological polar surface area (TPSA) is 84.4 Å². The van der Waals surface area contributed by atoms with E-state index in [4.69, 9.17) is 4.74 Å². The van der Waals surface area contributed by atoms with Crippen LogP contribution in [-0.4, -0.2) is 28.5 Å². The van der Waals surface area contributed by atoms with Crippen molar-refractivity contribution in [2.45, 2.75) is 20.0 Å². The molecule has 0 spiro atoms. The van der Waals surface area contributed by atoms with Crippen LogP contribution in [0.2, 0.25) is 0 Å². The average molecular weight is 350 g/mol. The second kappa shape index (κ2) is 7.60. The summed E-state index contributed by atoms with van der Waals surface area (Å²) in [7, 11) is 0. The van der Waals surface area contributed by atoms with Gasteiger partial charge in [0.25, 0.3) is 0 Å². The normalized spacial score (nSPS) is 10.6. The van der Waals surface area contributed by atoms with Crippen molar-refractivity contribution in [2.24, 2.45) is 0 Å². The summed E-state index contributed by atoms with van der Waals surface area (Å²) < 4.78 is 5.61. The Kier molecular flexibility index (Phi) is 5.07. The zero-order chi connectivity index (χ0) is 18.5. The molecular weight excluding hydrogens is 332 g/mol. The maximum atomic E-state index is 12.5.